The van der Waals surface area contributed by atoms with Crippen molar-refractivity contribution in [2.75, 3.05) is 0 Å². The van der Waals surface area contributed by atoms with Crippen LogP contribution in [0, 0.1) is 17.8 Å². The zero-order valence-electron chi connectivity index (χ0n) is 13.3. The summed E-state index contributed by atoms with van der Waals surface area (Å²) in [7, 11) is 0. The highest BCUT2D eigenvalue weighted by Crippen LogP contribution is 2.39. The van der Waals surface area contributed by atoms with Gasteiger partial charge in [-0.1, -0.05) is 33.6 Å². The third-order valence-electron chi connectivity index (χ3n) is 5.52. The largest absolute Gasteiger partial charge is 0.323 e. The average molecular weight is 278 g/mol. The Morgan fingerprint density at radius 3 is 2.45 bits per heavy atom. The Morgan fingerprint density at radius 2 is 1.90 bits per heavy atom. The molecule has 3 aliphatic rings. The van der Waals surface area contributed by atoms with Gasteiger partial charge in [0.2, 0.25) is 5.91 Å². The maximum absolute atomic E-state index is 12.8. The molecule has 3 rings (SSSR count). The standard InChI is InChI=1S/C17H30N2O/c1-11(2)8-15-17(20)19(14-9-12(3)10-14)16(18-15)13-6-4-5-7-13/h11-16,18H,4-10H2,1-3H3. The third kappa shape index (κ3) is 2.61. The van der Waals surface area contributed by atoms with Crippen LogP contribution in [0.3, 0.4) is 0 Å². The summed E-state index contributed by atoms with van der Waals surface area (Å²) in [5, 5.41) is 3.70. The van der Waals surface area contributed by atoms with Gasteiger partial charge in [-0.05, 0) is 49.9 Å². The smallest absolute Gasteiger partial charge is 0.241 e. The third-order valence-corrected chi connectivity index (χ3v) is 5.52. The minimum absolute atomic E-state index is 0.0801. The van der Waals surface area contributed by atoms with Crippen LogP contribution >= 0.6 is 0 Å². The van der Waals surface area contributed by atoms with Crippen LogP contribution in [-0.4, -0.2) is 29.1 Å². The molecule has 2 aliphatic carbocycles. The van der Waals surface area contributed by atoms with Crippen molar-refractivity contribution in [3.05, 3.63) is 0 Å². The molecule has 3 fully saturated rings. The van der Waals surface area contributed by atoms with Gasteiger partial charge in [0.1, 0.15) is 0 Å². The summed E-state index contributed by atoms with van der Waals surface area (Å²) in [6.45, 7) is 6.74. The van der Waals surface area contributed by atoms with E-state index in [1.54, 1.807) is 0 Å². The molecule has 3 nitrogen and oxygen atoms in total. The van der Waals surface area contributed by atoms with Crippen LogP contribution < -0.4 is 5.32 Å². The van der Waals surface area contributed by atoms with E-state index < -0.39 is 0 Å². The highest BCUT2D eigenvalue weighted by Gasteiger charge is 2.48. The zero-order valence-corrected chi connectivity index (χ0v) is 13.3. The SMILES string of the molecule is CC(C)CC1NC(C2CCCC2)N(C2CC(C)C2)C1=O. The number of hydrogen-bond donors (Lipinski definition) is 1. The van der Waals surface area contributed by atoms with E-state index in [0.29, 0.717) is 30.0 Å². The predicted molar refractivity (Wildman–Crippen MR) is 81.2 cm³/mol. The Bertz CT molecular complexity index is 356. The van der Waals surface area contributed by atoms with E-state index in [1.165, 1.54) is 38.5 Å². The lowest BCUT2D eigenvalue weighted by Gasteiger charge is -2.43. The fraction of sp³-hybridized carbons (Fsp3) is 0.941. The van der Waals surface area contributed by atoms with Crippen molar-refractivity contribution in [1.29, 1.82) is 0 Å². The fourth-order valence-electron chi connectivity index (χ4n) is 4.45. The van der Waals surface area contributed by atoms with Crippen LogP contribution in [0.15, 0.2) is 0 Å². The first-order valence-electron chi connectivity index (χ1n) is 8.64. The summed E-state index contributed by atoms with van der Waals surface area (Å²) in [5.41, 5.74) is 0. The molecule has 2 saturated carbocycles. The predicted octanol–water partition coefficient (Wildman–Crippen LogP) is 3.15. The molecule has 2 atom stereocenters. The van der Waals surface area contributed by atoms with Gasteiger partial charge in [-0.15, -0.1) is 0 Å². The number of hydrogen-bond acceptors (Lipinski definition) is 2. The highest BCUT2D eigenvalue weighted by atomic mass is 16.2. The van der Waals surface area contributed by atoms with Gasteiger partial charge in [0.15, 0.2) is 0 Å². The van der Waals surface area contributed by atoms with E-state index in [9.17, 15) is 4.79 Å². The molecule has 1 aliphatic heterocycles. The molecular weight excluding hydrogens is 248 g/mol. The van der Waals surface area contributed by atoms with Crippen LogP contribution in [0.1, 0.15) is 65.7 Å². The van der Waals surface area contributed by atoms with Gasteiger partial charge in [0, 0.05) is 6.04 Å². The van der Waals surface area contributed by atoms with Gasteiger partial charge >= 0.3 is 0 Å². The Morgan fingerprint density at radius 1 is 1.25 bits per heavy atom. The lowest BCUT2D eigenvalue weighted by Crippen LogP contribution is -2.52. The molecule has 1 amide bonds. The van der Waals surface area contributed by atoms with Crippen molar-refractivity contribution in [3.63, 3.8) is 0 Å². The molecule has 1 saturated heterocycles. The van der Waals surface area contributed by atoms with Crippen molar-refractivity contribution in [2.24, 2.45) is 17.8 Å². The number of amides is 1. The summed E-state index contributed by atoms with van der Waals surface area (Å²) in [4.78, 5) is 15.1. The van der Waals surface area contributed by atoms with Gasteiger partial charge in [0.05, 0.1) is 12.2 Å². The molecule has 3 heteroatoms. The Kier molecular flexibility index (Phi) is 4.07. The van der Waals surface area contributed by atoms with E-state index in [2.05, 4.69) is 31.0 Å². The summed E-state index contributed by atoms with van der Waals surface area (Å²) in [6, 6.07) is 0.601. The Hall–Kier alpha value is -0.570. The second-order valence-corrected chi connectivity index (χ2v) is 7.81. The average Bonchev–Trinajstić information content (AvgIpc) is 2.95. The number of carbonyl (C=O) groups is 1. The first-order valence-corrected chi connectivity index (χ1v) is 8.64. The molecule has 1 heterocycles. The maximum atomic E-state index is 12.8. The molecule has 20 heavy (non-hydrogen) atoms. The topological polar surface area (TPSA) is 32.3 Å². The van der Waals surface area contributed by atoms with E-state index in [1.807, 2.05) is 0 Å². The molecule has 2 unspecified atom stereocenters. The lowest BCUT2D eigenvalue weighted by atomic mass is 9.80. The quantitative estimate of drug-likeness (QED) is 0.857. The monoisotopic (exact) mass is 278 g/mol. The first kappa shape index (κ1) is 14.4. The number of carbonyl (C=O) groups excluding carboxylic acids is 1. The van der Waals surface area contributed by atoms with Gasteiger partial charge in [-0.2, -0.15) is 0 Å². The van der Waals surface area contributed by atoms with Crippen LogP contribution in [0.25, 0.3) is 0 Å². The highest BCUT2D eigenvalue weighted by molar-refractivity contribution is 5.84. The minimum Gasteiger partial charge on any atom is -0.323 e. The van der Waals surface area contributed by atoms with E-state index in [-0.39, 0.29) is 6.04 Å². The number of rotatable bonds is 4. The van der Waals surface area contributed by atoms with E-state index in [4.69, 9.17) is 0 Å². The molecule has 0 aromatic carbocycles. The molecule has 114 valence electrons. The van der Waals surface area contributed by atoms with Crippen molar-refractivity contribution in [2.45, 2.75) is 84.0 Å². The van der Waals surface area contributed by atoms with Gasteiger partial charge < -0.3 is 4.90 Å². The molecule has 0 spiro atoms. The van der Waals surface area contributed by atoms with Crippen LogP contribution in [0.4, 0.5) is 0 Å². The maximum Gasteiger partial charge on any atom is 0.241 e. The van der Waals surface area contributed by atoms with Crippen molar-refractivity contribution < 1.29 is 4.79 Å². The normalized spacial score (nSPS) is 38.8. The summed E-state index contributed by atoms with van der Waals surface area (Å²) < 4.78 is 0. The van der Waals surface area contributed by atoms with Crippen molar-refractivity contribution in [3.8, 4) is 0 Å². The van der Waals surface area contributed by atoms with Crippen LogP contribution in [0.5, 0.6) is 0 Å². The van der Waals surface area contributed by atoms with Crippen LogP contribution in [-0.2, 0) is 4.79 Å². The molecular formula is C17H30N2O. The van der Waals surface area contributed by atoms with Gasteiger partial charge in [0.25, 0.3) is 0 Å². The van der Waals surface area contributed by atoms with Crippen molar-refractivity contribution >= 4 is 5.91 Å². The summed E-state index contributed by atoms with van der Waals surface area (Å²) in [6.07, 6.45) is 9.06. The van der Waals surface area contributed by atoms with E-state index in [0.717, 1.165) is 12.3 Å². The second kappa shape index (κ2) is 5.67. The van der Waals surface area contributed by atoms with Gasteiger partial charge in [-0.3, -0.25) is 10.1 Å². The summed E-state index contributed by atoms with van der Waals surface area (Å²) in [5.74, 6) is 2.49. The minimum atomic E-state index is 0.0801. The summed E-state index contributed by atoms with van der Waals surface area (Å²) >= 11 is 0. The zero-order chi connectivity index (χ0) is 14.3. The number of nitrogens with zero attached hydrogens (tertiary/aromatic N) is 1. The van der Waals surface area contributed by atoms with Gasteiger partial charge in [-0.25, -0.2) is 0 Å². The van der Waals surface area contributed by atoms with E-state index >= 15 is 0 Å². The molecule has 0 bridgehead atoms. The molecule has 0 aromatic heterocycles. The second-order valence-electron chi connectivity index (χ2n) is 7.81. The number of nitrogens with one attached hydrogen (secondary N) is 1. The lowest BCUT2D eigenvalue weighted by molar-refractivity contribution is -0.136. The molecule has 0 aromatic rings. The first-order chi connectivity index (χ1) is 9.56. The van der Waals surface area contributed by atoms with Crippen molar-refractivity contribution in [1.82, 2.24) is 10.2 Å². The Balaban J connectivity index is 1.73. The molecule has 0 radical (unpaired) electrons. The fourth-order valence-corrected chi connectivity index (χ4v) is 4.45. The van der Waals surface area contributed by atoms with Crippen LogP contribution in [0.2, 0.25) is 0 Å². The molecule has 1 N–H and O–H groups in total. The Labute approximate surface area is 123 Å².